The maximum atomic E-state index is 13.3. The van der Waals surface area contributed by atoms with Gasteiger partial charge in [0.25, 0.3) is 0 Å². The lowest BCUT2D eigenvalue weighted by atomic mass is 10.1. The molecule has 2 aromatic carbocycles. The molecule has 1 aromatic heterocycles. The number of rotatable bonds is 2. The summed E-state index contributed by atoms with van der Waals surface area (Å²) >= 11 is 1.30. The summed E-state index contributed by atoms with van der Waals surface area (Å²) in [6.45, 7) is 0. The van der Waals surface area contributed by atoms with Crippen LogP contribution in [0.1, 0.15) is 0 Å². The minimum absolute atomic E-state index is 0.346. The van der Waals surface area contributed by atoms with Crippen LogP contribution < -0.4 is 5.73 Å². The van der Waals surface area contributed by atoms with E-state index in [1.165, 1.54) is 23.5 Å². The molecular formula is C15H10F2N2S. The Morgan fingerprint density at radius 1 is 0.900 bits per heavy atom. The second-order valence-corrected chi connectivity index (χ2v) is 5.29. The average Bonchev–Trinajstić information content (AvgIpc) is 2.81. The van der Waals surface area contributed by atoms with Gasteiger partial charge in [0.05, 0.1) is 0 Å². The highest BCUT2D eigenvalue weighted by atomic mass is 32.1. The molecule has 3 aromatic rings. The Labute approximate surface area is 118 Å². The van der Waals surface area contributed by atoms with E-state index in [0.717, 1.165) is 16.6 Å². The zero-order valence-electron chi connectivity index (χ0n) is 10.3. The standard InChI is InChI=1S/C15H10F2N2S/c16-11-6-10(7-12(17)8-11)13-14(18)20-15(19-13)9-4-2-1-3-5-9/h1-8H,18H2. The molecule has 2 N–H and O–H groups in total. The van der Waals surface area contributed by atoms with Crippen molar-refractivity contribution in [3.8, 4) is 21.8 Å². The minimum atomic E-state index is -0.645. The summed E-state index contributed by atoms with van der Waals surface area (Å²) < 4.78 is 26.5. The van der Waals surface area contributed by atoms with Gasteiger partial charge in [-0.15, -0.1) is 0 Å². The van der Waals surface area contributed by atoms with Gasteiger partial charge in [0, 0.05) is 17.2 Å². The largest absolute Gasteiger partial charge is 0.389 e. The molecule has 0 bridgehead atoms. The van der Waals surface area contributed by atoms with E-state index in [1.807, 2.05) is 30.3 Å². The fourth-order valence-electron chi connectivity index (χ4n) is 1.93. The zero-order valence-corrected chi connectivity index (χ0v) is 11.1. The summed E-state index contributed by atoms with van der Waals surface area (Å²) in [5.74, 6) is -1.29. The maximum Gasteiger partial charge on any atom is 0.126 e. The summed E-state index contributed by atoms with van der Waals surface area (Å²) in [7, 11) is 0. The number of halogens is 2. The first-order valence-corrected chi connectivity index (χ1v) is 6.73. The van der Waals surface area contributed by atoms with Crippen LogP contribution in [0.2, 0.25) is 0 Å². The monoisotopic (exact) mass is 288 g/mol. The normalized spacial score (nSPS) is 10.7. The van der Waals surface area contributed by atoms with Crippen molar-refractivity contribution < 1.29 is 8.78 Å². The summed E-state index contributed by atoms with van der Waals surface area (Å²) in [4.78, 5) is 4.39. The van der Waals surface area contributed by atoms with Gasteiger partial charge in [0.2, 0.25) is 0 Å². The molecule has 3 rings (SSSR count). The van der Waals surface area contributed by atoms with Crippen LogP contribution in [0.25, 0.3) is 21.8 Å². The van der Waals surface area contributed by atoms with E-state index in [4.69, 9.17) is 5.73 Å². The maximum absolute atomic E-state index is 13.3. The second kappa shape index (κ2) is 5.02. The van der Waals surface area contributed by atoms with E-state index in [-0.39, 0.29) is 0 Å². The number of aromatic nitrogens is 1. The Hall–Kier alpha value is -2.27. The predicted molar refractivity (Wildman–Crippen MR) is 77.3 cm³/mol. The molecule has 0 saturated carbocycles. The first-order valence-electron chi connectivity index (χ1n) is 5.91. The van der Waals surface area contributed by atoms with Gasteiger partial charge in [-0.2, -0.15) is 0 Å². The van der Waals surface area contributed by atoms with Crippen molar-refractivity contribution in [2.45, 2.75) is 0 Å². The van der Waals surface area contributed by atoms with E-state index in [9.17, 15) is 8.78 Å². The quantitative estimate of drug-likeness (QED) is 0.762. The third kappa shape index (κ3) is 2.40. The van der Waals surface area contributed by atoms with E-state index in [1.54, 1.807) is 0 Å². The molecule has 0 aliphatic carbocycles. The minimum Gasteiger partial charge on any atom is -0.389 e. The SMILES string of the molecule is Nc1sc(-c2ccccc2)nc1-c1cc(F)cc(F)c1. The van der Waals surface area contributed by atoms with Gasteiger partial charge in [-0.25, -0.2) is 13.8 Å². The van der Waals surface area contributed by atoms with Crippen LogP contribution in [0.3, 0.4) is 0 Å². The van der Waals surface area contributed by atoms with Crippen molar-refractivity contribution in [3.63, 3.8) is 0 Å². The van der Waals surface area contributed by atoms with Crippen LogP contribution in [-0.2, 0) is 0 Å². The molecule has 0 aliphatic heterocycles. The third-order valence-electron chi connectivity index (χ3n) is 2.81. The van der Waals surface area contributed by atoms with Crippen molar-refractivity contribution in [2.24, 2.45) is 0 Å². The summed E-state index contributed by atoms with van der Waals surface area (Å²) in [6.07, 6.45) is 0. The van der Waals surface area contributed by atoms with Gasteiger partial charge in [-0.1, -0.05) is 41.7 Å². The lowest BCUT2D eigenvalue weighted by Crippen LogP contribution is -1.88. The van der Waals surface area contributed by atoms with Gasteiger partial charge in [0.15, 0.2) is 0 Å². The number of nitrogens with two attached hydrogens (primary N) is 1. The fraction of sp³-hybridized carbons (Fsp3) is 0. The Kier molecular flexibility index (Phi) is 3.20. The van der Waals surface area contributed by atoms with Crippen LogP contribution in [0.5, 0.6) is 0 Å². The van der Waals surface area contributed by atoms with Crippen LogP contribution >= 0.6 is 11.3 Å². The number of hydrogen-bond acceptors (Lipinski definition) is 3. The van der Waals surface area contributed by atoms with E-state index in [0.29, 0.717) is 16.3 Å². The number of thiazole rings is 1. The van der Waals surface area contributed by atoms with Gasteiger partial charge < -0.3 is 5.73 Å². The van der Waals surface area contributed by atoms with Gasteiger partial charge >= 0.3 is 0 Å². The van der Waals surface area contributed by atoms with Gasteiger partial charge in [-0.3, -0.25) is 0 Å². The van der Waals surface area contributed by atoms with Crippen molar-refractivity contribution in [3.05, 3.63) is 60.2 Å². The Morgan fingerprint density at radius 2 is 1.55 bits per heavy atom. The highest BCUT2D eigenvalue weighted by molar-refractivity contribution is 7.19. The molecule has 0 aliphatic rings. The van der Waals surface area contributed by atoms with E-state index < -0.39 is 11.6 Å². The molecule has 1 heterocycles. The van der Waals surface area contributed by atoms with Gasteiger partial charge in [-0.05, 0) is 12.1 Å². The van der Waals surface area contributed by atoms with Crippen molar-refractivity contribution in [1.82, 2.24) is 4.98 Å². The highest BCUT2D eigenvalue weighted by Crippen LogP contribution is 2.36. The Balaban J connectivity index is 2.09. The average molecular weight is 288 g/mol. The van der Waals surface area contributed by atoms with E-state index in [2.05, 4.69) is 4.98 Å². The van der Waals surface area contributed by atoms with Crippen molar-refractivity contribution in [1.29, 1.82) is 0 Å². The molecule has 5 heteroatoms. The van der Waals surface area contributed by atoms with Crippen LogP contribution in [0.4, 0.5) is 13.8 Å². The lowest BCUT2D eigenvalue weighted by molar-refractivity contribution is 0.584. The fourth-order valence-corrected chi connectivity index (χ4v) is 2.79. The second-order valence-electron chi connectivity index (χ2n) is 4.26. The summed E-state index contributed by atoms with van der Waals surface area (Å²) in [6, 6.07) is 12.8. The molecule has 0 amide bonds. The smallest absolute Gasteiger partial charge is 0.126 e. The number of nitrogen functional groups attached to an aromatic ring is 1. The van der Waals surface area contributed by atoms with E-state index >= 15 is 0 Å². The number of benzene rings is 2. The molecule has 100 valence electrons. The topological polar surface area (TPSA) is 38.9 Å². The molecule has 0 unspecified atom stereocenters. The zero-order chi connectivity index (χ0) is 14.1. The molecule has 20 heavy (non-hydrogen) atoms. The van der Waals surface area contributed by atoms with Gasteiger partial charge in [0.1, 0.15) is 27.3 Å². The number of nitrogens with zero attached hydrogens (tertiary/aromatic N) is 1. The van der Waals surface area contributed by atoms with Crippen molar-refractivity contribution in [2.75, 3.05) is 5.73 Å². The molecule has 0 saturated heterocycles. The molecule has 0 fully saturated rings. The Bertz CT molecular complexity index is 734. The number of hydrogen-bond donors (Lipinski definition) is 1. The summed E-state index contributed by atoms with van der Waals surface area (Å²) in [5, 5.41) is 1.16. The van der Waals surface area contributed by atoms with Crippen LogP contribution in [0, 0.1) is 11.6 Å². The molecular weight excluding hydrogens is 278 g/mol. The van der Waals surface area contributed by atoms with Crippen LogP contribution in [0.15, 0.2) is 48.5 Å². The first-order chi connectivity index (χ1) is 9.63. The predicted octanol–water partition coefficient (Wildman–Crippen LogP) is 4.34. The first kappa shape index (κ1) is 12.7. The molecule has 0 radical (unpaired) electrons. The molecule has 2 nitrogen and oxygen atoms in total. The van der Waals surface area contributed by atoms with Crippen LogP contribution in [-0.4, -0.2) is 4.98 Å². The van der Waals surface area contributed by atoms with Crippen molar-refractivity contribution >= 4 is 16.3 Å². The molecule has 0 spiro atoms. The highest BCUT2D eigenvalue weighted by Gasteiger charge is 2.13. The third-order valence-corrected chi connectivity index (χ3v) is 3.74. The lowest BCUT2D eigenvalue weighted by Gasteiger charge is -1.99. The number of anilines is 1. The Morgan fingerprint density at radius 3 is 2.20 bits per heavy atom. The summed E-state index contributed by atoms with van der Waals surface area (Å²) in [5.41, 5.74) is 7.60. The molecule has 0 atom stereocenters.